The molecule has 0 radical (unpaired) electrons. The second-order valence-electron chi connectivity index (χ2n) is 4.92. The number of alkyl halides is 1. The van der Waals surface area contributed by atoms with Crippen LogP contribution < -0.4 is 0 Å². The van der Waals surface area contributed by atoms with Crippen molar-refractivity contribution in [2.75, 3.05) is 0 Å². The first-order valence-corrected chi connectivity index (χ1v) is 6.20. The molecule has 0 spiro atoms. The van der Waals surface area contributed by atoms with Gasteiger partial charge in [-0.2, -0.15) is 0 Å². The number of hydrogen-bond acceptors (Lipinski definition) is 0. The van der Waals surface area contributed by atoms with Crippen LogP contribution in [0.4, 0.5) is 4.39 Å². The number of hydrogen-bond donors (Lipinski definition) is 0. The molecule has 1 rings (SSSR count). The van der Waals surface area contributed by atoms with Gasteiger partial charge in [-0.05, 0) is 29.9 Å². The smallest absolute Gasteiger partial charge is 0.126 e. The van der Waals surface area contributed by atoms with Crippen molar-refractivity contribution in [1.29, 1.82) is 0 Å². The number of rotatable bonds is 4. The van der Waals surface area contributed by atoms with Crippen molar-refractivity contribution in [1.82, 2.24) is 0 Å². The van der Waals surface area contributed by atoms with Gasteiger partial charge in [0.15, 0.2) is 0 Å². The van der Waals surface area contributed by atoms with Crippen LogP contribution in [0.3, 0.4) is 0 Å². The fourth-order valence-corrected chi connectivity index (χ4v) is 2.87. The number of halogens is 2. The predicted molar refractivity (Wildman–Crippen MR) is 66.9 cm³/mol. The van der Waals surface area contributed by atoms with Crippen LogP contribution in [0.1, 0.15) is 32.8 Å². The van der Waals surface area contributed by atoms with E-state index in [9.17, 15) is 4.39 Å². The van der Waals surface area contributed by atoms with E-state index in [0.717, 1.165) is 18.4 Å². The molecular formula is C13H18BrF. The summed E-state index contributed by atoms with van der Waals surface area (Å²) in [5.74, 6) is -0.0900. The highest BCUT2D eigenvalue weighted by Gasteiger charge is 2.21. The monoisotopic (exact) mass is 272 g/mol. The van der Waals surface area contributed by atoms with Gasteiger partial charge in [0.05, 0.1) is 0 Å². The van der Waals surface area contributed by atoms with E-state index < -0.39 is 0 Å². The van der Waals surface area contributed by atoms with Gasteiger partial charge in [-0.3, -0.25) is 0 Å². The van der Waals surface area contributed by atoms with Crippen LogP contribution in [0.2, 0.25) is 0 Å². The van der Waals surface area contributed by atoms with Crippen molar-refractivity contribution in [3.63, 3.8) is 0 Å². The Labute approximate surface area is 100 Å². The van der Waals surface area contributed by atoms with Crippen molar-refractivity contribution in [2.45, 2.75) is 38.4 Å². The Morgan fingerprint density at radius 1 is 1.33 bits per heavy atom. The molecule has 0 aliphatic carbocycles. The van der Waals surface area contributed by atoms with Gasteiger partial charge in [0, 0.05) is 4.83 Å². The maximum absolute atomic E-state index is 13.4. The third-order valence-corrected chi connectivity index (χ3v) is 2.78. The Hall–Kier alpha value is -0.370. The maximum Gasteiger partial charge on any atom is 0.126 e. The van der Waals surface area contributed by atoms with E-state index in [0.29, 0.717) is 4.83 Å². The second kappa shape index (κ2) is 5.11. The van der Waals surface area contributed by atoms with Gasteiger partial charge in [-0.25, -0.2) is 4.39 Å². The Balaban J connectivity index is 2.73. The first kappa shape index (κ1) is 12.7. The molecule has 1 aromatic rings. The summed E-state index contributed by atoms with van der Waals surface area (Å²) in [6, 6.07) is 7.03. The average molecular weight is 273 g/mol. The van der Waals surface area contributed by atoms with Crippen LogP contribution in [0.25, 0.3) is 0 Å². The molecule has 0 bridgehead atoms. The van der Waals surface area contributed by atoms with Crippen LogP contribution in [0.5, 0.6) is 0 Å². The van der Waals surface area contributed by atoms with Crippen molar-refractivity contribution in [2.24, 2.45) is 5.41 Å². The Bertz CT molecular complexity index is 318. The summed E-state index contributed by atoms with van der Waals surface area (Å²) in [4.78, 5) is 0.472. The molecule has 1 atom stereocenters. The van der Waals surface area contributed by atoms with Crippen molar-refractivity contribution < 1.29 is 4.39 Å². The van der Waals surface area contributed by atoms with E-state index in [1.807, 2.05) is 12.1 Å². The summed E-state index contributed by atoms with van der Waals surface area (Å²) in [7, 11) is 0. The van der Waals surface area contributed by atoms with Crippen LogP contribution in [0.15, 0.2) is 24.3 Å². The molecule has 0 fully saturated rings. The highest BCUT2D eigenvalue weighted by Crippen LogP contribution is 2.30. The fraction of sp³-hybridized carbons (Fsp3) is 0.538. The number of benzene rings is 1. The lowest BCUT2D eigenvalue weighted by atomic mass is 9.82. The lowest BCUT2D eigenvalue weighted by Gasteiger charge is -2.26. The Morgan fingerprint density at radius 2 is 1.93 bits per heavy atom. The van der Waals surface area contributed by atoms with Gasteiger partial charge in [-0.15, -0.1) is 0 Å². The molecule has 0 aromatic heterocycles. The molecule has 0 N–H and O–H groups in total. The standard InChI is InChI=1S/C13H18BrF/c1-10(14)8-13(2,3)9-11-6-4-5-7-12(11)15/h4-7,10H,8-9H2,1-3H3. The third-order valence-electron chi connectivity index (χ3n) is 2.46. The molecule has 1 unspecified atom stereocenters. The second-order valence-corrected chi connectivity index (χ2v) is 6.48. The van der Waals surface area contributed by atoms with Crippen LogP contribution in [-0.2, 0) is 6.42 Å². The van der Waals surface area contributed by atoms with Crippen molar-refractivity contribution in [3.8, 4) is 0 Å². The van der Waals surface area contributed by atoms with Crippen LogP contribution in [-0.4, -0.2) is 4.83 Å². The quantitative estimate of drug-likeness (QED) is 0.705. The predicted octanol–water partition coefficient (Wildman–Crippen LogP) is 4.57. The van der Waals surface area contributed by atoms with Gasteiger partial charge < -0.3 is 0 Å². The van der Waals surface area contributed by atoms with Gasteiger partial charge in [0.2, 0.25) is 0 Å². The minimum atomic E-state index is -0.0900. The largest absolute Gasteiger partial charge is 0.207 e. The molecule has 84 valence electrons. The van der Waals surface area contributed by atoms with E-state index in [1.165, 1.54) is 6.07 Å². The van der Waals surface area contributed by atoms with Crippen molar-refractivity contribution >= 4 is 15.9 Å². The van der Waals surface area contributed by atoms with Gasteiger partial charge in [-0.1, -0.05) is 54.9 Å². The Kier molecular flexibility index (Phi) is 4.32. The zero-order valence-electron chi connectivity index (χ0n) is 9.56. The van der Waals surface area contributed by atoms with Crippen LogP contribution in [0, 0.1) is 11.2 Å². The Morgan fingerprint density at radius 3 is 2.47 bits per heavy atom. The first-order chi connectivity index (χ1) is 6.91. The minimum Gasteiger partial charge on any atom is -0.207 e. The molecule has 0 aliphatic heterocycles. The van der Waals surface area contributed by atoms with E-state index in [-0.39, 0.29) is 11.2 Å². The summed E-state index contributed by atoms with van der Waals surface area (Å²) in [6.07, 6.45) is 1.83. The highest BCUT2D eigenvalue weighted by atomic mass is 79.9. The van der Waals surface area contributed by atoms with E-state index in [1.54, 1.807) is 6.07 Å². The summed E-state index contributed by atoms with van der Waals surface area (Å²) in [5, 5.41) is 0. The lowest BCUT2D eigenvalue weighted by Crippen LogP contribution is -2.19. The fourth-order valence-electron chi connectivity index (χ4n) is 1.99. The first-order valence-electron chi connectivity index (χ1n) is 5.28. The summed E-state index contributed by atoms with van der Waals surface area (Å²) < 4.78 is 13.4. The topological polar surface area (TPSA) is 0 Å². The van der Waals surface area contributed by atoms with Crippen molar-refractivity contribution in [3.05, 3.63) is 35.6 Å². The summed E-state index contributed by atoms with van der Waals surface area (Å²) in [6.45, 7) is 6.48. The third kappa shape index (κ3) is 4.33. The van der Waals surface area contributed by atoms with E-state index in [2.05, 4.69) is 36.7 Å². The van der Waals surface area contributed by atoms with Gasteiger partial charge in [0.25, 0.3) is 0 Å². The SMILES string of the molecule is CC(Br)CC(C)(C)Cc1ccccc1F. The van der Waals surface area contributed by atoms with Crippen LogP contribution >= 0.6 is 15.9 Å². The highest BCUT2D eigenvalue weighted by molar-refractivity contribution is 9.09. The van der Waals surface area contributed by atoms with Gasteiger partial charge >= 0.3 is 0 Å². The molecule has 0 amide bonds. The molecule has 0 aliphatic rings. The molecule has 0 heterocycles. The van der Waals surface area contributed by atoms with E-state index >= 15 is 0 Å². The molecule has 2 heteroatoms. The van der Waals surface area contributed by atoms with E-state index in [4.69, 9.17) is 0 Å². The molecule has 0 nitrogen and oxygen atoms in total. The molecular weight excluding hydrogens is 255 g/mol. The molecule has 15 heavy (non-hydrogen) atoms. The molecule has 0 saturated carbocycles. The normalized spacial score (nSPS) is 13.9. The van der Waals surface area contributed by atoms with Gasteiger partial charge in [0.1, 0.15) is 5.82 Å². The zero-order chi connectivity index (χ0) is 11.5. The average Bonchev–Trinajstić information content (AvgIpc) is 2.06. The maximum atomic E-state index is 13.4. The summed E-state index contributed by atoms with van der Waals surface area (Å²) >= 11 is 3.55. The summed E-state index contributed by atoms with van der Waals surface area (Å²) in [5.41, 5.74) is 0.945. The zero-order valence-corrected chi connectivity index (χ0v) is 11.1. The molecule has 0 saturated heterocycles. The minimum absolute atomic E-state index is 0.0900. The lowest BCUT2D eigenvalue weighted by molar-refractivity contribution is 0.330. The molecule has 1 aromatic carbocycles.